The molecule has 2 rings (SSSR count). The molecule has 2 heterocycles. The van der Waals surface area contributed by atoms with Gasteiger partial charge in [-0.05, 0) is 19.3 Å². The molecule has 1 amide bonds. The summed E-state index contributed by atoms with van der Waals surface area (Å²) in [6.07, 6.45) is 7.62. The van der Waals surface area contributed by atoms with Crippen molar-refractivity contribution in [3.8, 4) is 0 Å². The summed E-state index contributed by atoms with van der Waals surface area (Å²) in [5.74, 6) is 0.316. The molecular formula is C14H24N2O. The highest BCUT2D eigenvalue weighted by molar-refractivity contribution is 5.75. The highest BCUT2D eigenvalue weighted by atomic mass is 16.2. The molecule has 2 atom stereocenters. The third-order valence-electron chi connectivity index (χ3n) is 4.17. The quantitative estimate of drug-likeness (QED) is 0.700. The predicted molar refractivity (Wildman–Crippen MR) is 69.8 cm³/mol. The van der Waals surface area contributed by atoms with Crippen LogP contribution in [0.2, 0.25) is 0 Å². The Kier molecular flexibility index (Phi) is 4.21. The minimum atomic E-state index is 0.316. The average Bonchev–Trinajstić information content (AvgIpc) is 2.45. The van der Waals surface area contributed by atoms with Gasteiger partial charge in [0.1, 0.15) is 0 Å². The topological polar surface area (TPSA) is 23.6 Å². The van der Waals surface area contributed by atoms with Gasteiger partial charge in [0, 0.05) is 38.1 Å². The van der Waals surface area contributed by atoms with Gasteiger partial charge in [-0.25, -0.2) is 0 Å². The lowest BCUT2D eigenvalue weighted by molar-refractivity contribution is -0.131. The van der Waals surface area contributed by atoms with Gasteiger partial charge in [0.15, 0.2) is 0 Å². The van der Waals surface area contributed by atoms with Crippen LogP contribution in [-0.4, -0.2) is 47.4 Å². The van der Waals surface area contributed by atoms with E-state index in [1.54, 1.807) is 0 Å². The van der Waals surface area contributed by atoms with Crippen LogP contribution >= 0.6 is 0 Å². The number of amides is 1. The van der Waals surface area contributed by atoms with Crippen LogP contribution < -0.4 is 0 Å². The van der Waals surface area contributed by atoms with Crippen molar-refractivity contribution in [1.29, 1.82) is 0 Å². The molecule has 3 heteroatoms. The van der Waals surface area contributed by atoms with Gasteiger partial charge in [-0.2, -0.15) is 0 Å². The number of hydrogen-bond acceptors (Lipinski definition) is 2. The number of rotatable bonds is 3. The van der Waals surface area contributed by atoms with E-state index in [-0.39, 0.29) is 0 Å². The maximum Gasteiger partial charge on any atom is 0.222 e. The Morgan fingerprint density at radius 1 is 1.35 bits per heavy atom. The molecule has 3 nitrogen and oxygen atoms in total. The molecule has 0 saturated carbocycles. The van der Waals surface area contributed by atoms with Crippen LogP contribution in [0.4, 0.5) is 0 Å². The zero-order chi connectivity index (χ0) is 12.3. The number of fused-ring (bicyclic) bond motifs is 2. The van der Waals surface area contributed by atoms with Crippen molar-refractivity contribution in [2.24, 2.45) is 0 Å². The highest BCUT2D eigenvalue weighted by Crippen LogP contribution is 2.28. The molecule has 0 aromatic rings. The van der Waals surface area contributed by atoms with Crippen molar-refractivity contribution in [1.82, 2.24) is 9.80 Å². The molecular weight excluding hydrogens is 212 g/mol. The van der Waals surface area contributed by atoms with Gasteiger partial charge in [0.25, 0.3) is 0 Å². The van der Waals surface area contributed by atoms with E-state index in [9.17, 15) is 4.79 Å². The Morgan fingerprint density at radius 2 is 2.12 bits per heavy atom. The second-order valence-corrected chi connectivity index (χ2v) is 5.21. The van der Waals surface area contributed by atoms with E-state index in [1.165, 1.54) is 19.3 Å². The van der Waals surface area contributed by atoms with Crippen LogP contribution in [0.25, 0.3) is 0 Å². The van der Waals surface area contributed by atoms with Crippen LogP contribution in [0, 0.1) is 0 Å². The first-order chi connectivity index (χ1) is 8.26. The summed E-state index contributed by atoms with van der Waals surface area (Å²) in [5, 5.41) is 0. The van der Waals surface area contributed by atoms with E-state index < -0.39 is 0 Å². The van der Waals surface area contributed by atoms with Gasteiger partial charge < -0.3 is 4.90 Å². The number of piperidine rings is 1. The van der Waals surface area contributed by atoms with Crippen LogP contribution in [0.15, 0.2) is 12.7 Å². The molecule has 2 bridgehead atoms. The number of carbonyl (C=O) groups excluding carboxylic acids is 1. The Labute approximate surface area is 104 Å². The van der Waals surface area contributed by atoms with Crippen LogP contribution in [-0.2, 0) is 4.79 Å². The van der Waals surface area contributed by atoms with Crippen molar-refractivity contribution >= 4 is 5.91 Å². The van der Waals surface area contributed by atoms with Crippen LogP contribution in [0.5, 0.6) is 0 Å². The van der Waals surface area contributed by atoms with E-state index in [1.807, 2.05) is 13.0 Å². The van der Waals surface area contributed by atoms with Crippen molar-refractivity contribution in [2.45, 2.75) is 51.1 Å². The second kappa shape index (κ2) is 5.67. The van der Waals surface area contributed by atoms with E-state index in [4.69, 9.17) is 0 Å². The first-order valence-corrected chi connectivity index (χ1v) is 6.90. The molecule has 0 aromatic heterocycles. The van der Waals surface area contributed by atoms with Crippen LogP contribution in [0.1, 0.15) is 39.0 Å². The molecule has 96 valence electrons. The van der Waals surface area contributed by atoms with E-state index in [2.05, 4.69) is 16.4 Å². The van der Waals surface area contributed by atoms with Crippen molar-refractivity contribution < 1.29 is 4.79 Å². The van der Waals surface area contributed by atoms with E-state index in [0.29, 0.717) is 24.4 Å². The van der Waals surface area contributed by atoms with Crippen molar-refractivity contribution in [2.75, 3.05) is 19.6 Å². The smallest absolute Gasteiger partial charge is 0.222 e. The molecule has 2 unspecified atom stereocenters. The Balaban J connectivity index is 2.09. The largest absolute Gasteiger partial charge is 0.341 e. The summed E-state index contributed by atoms with van der Waals surface area (Å²) in [7, 11) is 0. The summed E-state index contributed by atoms with van der Waals surface area (Å²) >= 11 is 0. The third-order valence-corrected chi connectivity index (χ3v) is 4.17. The summed E-state index contributed by atoms with van der Waals surface area (Å²) in [6.45, 7) is 8.67. The monoisotopic (exact) mass is 236 g/mol. The standard InChI is InChI=1S/C14H24N2O/c1-3-9-16-12-6-5-7-13(16)11-15(10-8-12)14(17)4-2/h3,12-13H,1,4-11H2,2H3. The first-order valence-electron chi connectivity index (χ1n) is 6.90. The van der Waals surface area contributed by atoms with E-state index >= 15 is 0 Å². The Hall–Kier alpha value is -0.830. The van der Waals surface area contributed by atoms with Gasteiger partial charge in [-0.15, -0.1) is 6.58 Å². The zero-order valence-electron chi connectivity index (χ0n) is 10.9. The summed E-state index contributed by atoms with van der Waals surface area (Å²) < 4.78 is 0. The Bertz CT molecular complexity index is 290. The first kappa shape index (κ1) is 12.6. The Morgan fingerprint density at radius 3 is 2.82 bits per heavy atom. The predicted octanol–water partition coefficient (Wildman–Crippen LogP) is 2.04. The highest BCUT2D eigenvalue weighted by Gasteiger charge is 2.34. The SMILES string of the molecule is C=CCN1C2CCCC1CN(C(=O)CC)CC2. The summed E-state index contributed by atoms with van der Waals surface area (Å²) in [4.78, 5) is 16.5. The zero-order valence-corrected chi connectivity index (χ0v) is 10.9. The number of nitrogens with zero attached hydrogens (tertiary/aromatic N) is 2. The van der Waals surface area contributed by atoms with Gasteiger partial charge in [0.05, 0.1) is 0 Å². The lowest BCUT2D eigenvalue weighted by atomic mass is 9.95. The average molecular weight is 236 g/mol. The van der Waals surface area contributed by atoms with Gasteiger partial charge in [-0.3, -0.25) is 9.69 Å². The molecule has 2 saturated heterocycles. The molecule has 0 aliphatic carbocycles. The van der Waals surface area contributed by atoms with Crippen molar-refractivity contribution in [3.63, 3.8) is 0 Å². The second-order valence-electron chi connectivity index (χ2n) is 5.21. The minimum absolute atomic E-state index is 0.316. The lowest BCUT2D eigenvalue weighted by Gasteiger charge is -2.40. The maximum atomic E-state index is 11.9. The molecule has 2 aliphatic rings. The normalized spacial score (nSPS) is 29.8. The minimum Gasteiger partial charge on any atom is -0.341 e. The number of carbonyl (C=O) groups is 1. The summed E-state index contributed by atoms with van der Waals surface area (Å²) in [6, 6.07) is 1.23. The summed E-state index contributed by atoms with van der Waals surface area (Å²) in [5.41, 5.74) is 0. The number of hydrogen-bond donors (Lipinski definition) is 0. The fourth-order valence-corrected chi connectivity index (χ4v) is 3.27. The fraction of sp³-hybridized carbons (Fsp3) is 0.786. The van der Waals surface area contributed by atoms with E-state index in [0.717, 1.165) is 26.1 Å². The lowest BCUT2D eigenvalue weighted by Crippen LogP contribution is -2.48. The molecule has 0 N–H and O–H groups in total. The molecule has 0 spiro atoms. The molecule has 2 fully saturated rings. The molecule has 0 radical (unpaired) electrons. The fourth-order valence-electron chi connectivity index (χ4n) is 3.27. The maximum absolute atomic E-state index is 11.9. The van der Waals surface area contributed by atoms with Gasteiger partial charge in [-0.1, -0.05) is 19.4 Å². The van der Waals surface area contributed by atoms with Crippen LogP contribution in [0.3, 0.4) is 0 Å². The van der Waals surface area contributed by atoms with Crippen molar-refractivity contribution in [3.05, 3.63) is 12.7 Å². The molecule has 17 heavy (non-hydrogen) atoms. The van der Waals surface area contributed by atoms with Gasteiger partial charge in [0.2, 0.25) is 5.91 Å². The third kappa shape index (κ3) is 2.71. The molecule has 0 aromatic carbocycles. The van der Waals surface area contributed by atoms with Gasteiger partial charge >= 0.3 is 0 Å². The molecule has 2 aliphatic heterocycles.